The fraction of sp³-hybridized carbons (Fsp3) is 0.429. The molecule has 0 unspecified atom stereocenters. The highest BCUT2D eigenvalue weighted by Crippen LogP contribution is 2.32. The molecule has 10 nitrogen and oxygen atoms in total. The Morgan fingerprint density at radius 3 is 2.39 bits per heavy atom. The van der Waals surface area contributed by atoms with Crippen LogP contribution in [0.2, 0.25) is 0 Å². The number of amides is 3. The number of benzene rings is 1. The van der Waals surface area contributed by atoms with Crippen LogP contribution < -0.4 is 10.6 Å². The van der Waals surface area contributed by atoms with E-state index in [-0.39, 0.29) is 11.8 Å². The van der Waals surface area contributed by atoms with Gasteiger partial charge in [-0.2, -0.15) is 0 Å². The number of rotatable bonds is 10. The summed E-state index contributed by atoms with van der Waals surface area (Å²) in [6, 6.07) is 3.48. The molecule has 0 bridgehead atoms. The fourth-order valence-corrected chi connectivity index (χ4v) is 3.36. The van der Waals surface area contributed by atoms with Gasteiger partial charge in [-0.15, -0.1) is 0 Å². The van der Waals surface area contributed by atoms with E-state index in [1.54, 1.807) is 18.2 Å². The lowest BCUT2D eigenvalue weighted by Crippen LogP contribution is -2.54. The molecule has 1 aliphatic heterocycles. The van der Waals surface area contributed by atoms with E-state index < -0.39 is 79.3 Å². The van der Waals surface area contributed by atoms with Crippen LogP contribution in [0.25, 0.3) is 0 Å². The third-order valence-electron chi connectivity index (χ3n) is 4.91. The fourth-order valence-electron chi connectivity index (χ4n) is 3.36. The van der Waals surface area contributed by atoms with Crippen LogP contribution in [-0.2, 0) is 24.0 Å². The molecule has 1 fully saturated rings. The topological polar surface area (TPSA) is 150 Å². The van der Waals surface area contributed by atoms with Crippen LogP contribution in [-0.4, -0.2) is 76.4 Å². The summed E-state index contributed by atoms with van der Waals surface area (Å²) in [5.41, 5.74) is 0.286. The van der Waals surface area contributed by atoms with Crippen LogP contribution in [0.5, 0.6) is 0 Å². The Bertz CT molecular complexity index is 939. The molecule has 1 aromatic rings. The van der Waals surface area contributed by atoms with Crippen molar-refractivity contribution < 1.29 is 42.7 Å². The van der Waals surface area contributed by atoms with Crippen LogP contribution in [0.3, 0.4) is 0 Å². The summed E-state index contributed by atoms with van der Waals surface area (Å²) in [5.74, 6) is -8.22. The van der Waals surface area contributed by atoms with Crippen LogP contribution in [0.4, 0.5) is 8.78 Å². The normalized spacial score (nSPS) is 18.6. The number of carboxylic acid groups (broad SMARTS) is 1. The molecule has 1 saturated heterocycles. The minimum absolute atomic E-state index is 0.151. The van der Waals surface area contributed by atoms with E-state index in [0.717, 1.165) is 0 Å². The molecule has 0 spiro atoms. The third kappa shape index (κ3) is 7.16. The van der Waals surface area contributed by atoms with Crippen molar-refractivity contribution in [1.29, 1.82) is 0 Å². The van der Waals surface area contributed by atoms with Crippen molar-refractivity contribution >= 4 is 35.8 Å². The summed E-state index contributed by atoms with van der Waals surface area (Å²) < 4.78 is 28.0. The maximum Gasteiger partial charge on any atom is 0.305 e. The summed E-state index contributed by atoms with van der Waals surface area (Å²) in [6.07, 6.45) is -2.21. The number of carboxylic acids is 1. The van der Waals surface area contributed by atoms with Crippen molar-refractivity contribution in [2.45, 2.75) is 50.2 Å². The van der Waals surface area contributed by atoms with Gasteiger partial charge in [0.2, 0.25) is 17.7 Å². The highest BCUT2D eigenvalue weighted by atomic mass is 19.3. The highest BCUT2D eigenvalue weighted by molar-refractivity contribution is 6.08. The lowest BCUT2D eigenvalue weighted by Gasteiger charge is -2.27. The number of halogens is 2. The smallest absolute Gasteiger partial charge is 0.305 e. The van der Waals surface area contributed by atoms with Crippen LogP contribution in [0.1, 0.15) is 36.5 Å². The van der Waals surface area contributed by atoms with Gasteiger partial charge in [-0.1, -0.05) is 30.3 Å². The van der Waals surface area contributed by atoms with Gasteiger partial charge in [0.05, 0.1) is 25.4 Å². The Hall–Kier alpha value is -3.70. The van der Waals surface area contributed by atoms with Gasteiger partial charge in [0.25, 0.3) is 5.92 Å². The number of likely N-dealkylation sites (tertiary alicyclic amines) is 1. The number of carbonyl (C=O) groups excluding carboxylic acids is 5. The average Bonchev–Trinajstić information content (AvgIpc) is 3.08. The Balaban J connectivity index is 2.04. The first-order valence-electron chi connectivity index (χ1n) is 9.97. The molecule has 3 amide bonds. The third-order valence-corrected chi connectivity index (χ3v) is 4.91. The molecule has 1 aromatic carbocycles. The second-order valence-corrected chi connectivity index (χ2v) is 7.65. The van der Waals surface area contributed by atoms with Crippen molar-refractivity contribution in [3.05, 3.63) is 35.9 Å². The molecule has 2 rings (SSSR count). The van der Waals surface area contributed by atoms with Crippen LogP contribution in [0.15, 0.2) is 30.3 Å². The van der Waals surface area contributed by atoms with Crippen LogP contribution >= 0.6 is 0 Å². The Labute approximate surface area is 187 Å². The zero-order valence-electron chi connectivity index (χ0n) is 17.6. The number of carbonyl (C=O) groups is 6. The molecule has 3 N–H and O–H groups in total. The van der Waals surface area contributed by atoms with Gasteiger partial charge in [-0.25, -0.2) is 8.78 Å². The van der Waals surface area contributed by atoms with Crippen molar-refractivity contribution in [1.82, 2.24) is 15.5 Å². The van der Waals surface area contributed by atoms with E-state index in [2.05, 4.69) is 5.32 Å². The predicted molar refractivity (Wildman–Crippen MR) is 108 cm³/mol. The van der Waals surface area contributed by atoms with E-state index in [0.29, 0.717) is 4.90 Å². The van der Waals surface area contributed by atoms with Gasteiger partial charge in [-0.3, -0.25) is 24.0 Å². The number of alkyl halides is 2. The minimum atomic E-state index is -3.41. The Morgan fingerprint density at radius 1 is 1.18 bits per heavy atom. The van der Waals surface area contributed by atoms with Crippen molar-refractivity contribution in [3.63, 3.8) is 0 Å². The molecule has 12 heteroatoms. The van der Waals surface area contributed by atoms with Crippen LogP contribution in [0, 0.1) is 0 Å². The summed E-state index contributed by atoms with van der Waals surface area (Å²) in [7, 11) is 0. The maximum atomic E-state index is 14.0. The first kappa shape index (κ1) is 25.6. The van der Waals surface area contributed by atoms with Crippen molar-refractivity contribution in [2.75, 3.05) is 6.54 Å². The number of nitrogens with zero attached hydrogens (tertiary/aromatic N) is 1. The predicted octanol–water partition coefficient (Wildman–Crippen LogP) is 0.159. The SMILES string of the molecule is C[C@H](NC(=O)CC(=O)c1ccccc1)C(=O)N1CC(F)(F)C[C@H]1C(=O)N[C@H](C=O)CC(=O)O. The average molecular weight is 467 g/mol. The molecule has 0 saturated carbocycles. The summed E-state index contributed by atoms with van der Waals surface area (Å²) >= 11 is 0. The number of Topliss-reactive ketones (excluding diaryl/α,β-unsaturated/α-hetero) is 1. The number of hydrogen-bond donors (Lipinski definition) is 3. The number of hydrogen-bond acceptors (Lipinski definition) is 6. The molecule has 0 aliphatic carbocycles. The highest BCUT2D eigenvalue weighted by Gasteiger charge is 2.51. The second-order valence-electron chi connectivity index (χ2n) is 7.65. The van der Waals surface area contributed by atoms with Crippen molar-refractivity contribution in [3.8, 4) is 0 Å². The lowest BCUT2D eigenvalue weighted by atomic mass is 10.1. The zero-order chi connectivity index (χ0) is 24.8. The quantitative estimate of drug-likeness (QED) is 0.252. The standard InChI is InChI=1S/C21H23F2N3O7/c1-12(24-17(29)8-16(28)13-5-3-2-4-6-13)20(33)26-11-21(22,23)9-15(26)19(32)25-14(10-27)7-18(30)31/h2-6,10,12,14-15H,7-9,11H2,1H3,(H,24,29)(H,25,32)(H,30,31)/t12-,14-,15-/m0/s1. The molecule has 0 radical (unpaired) electrons. The summed E-state index contributed by atoms with van der Waals surface area (Å²) in [4.78, 5) is 71.7. The Morgan fingerprint density at radius 2 is 1.82 bits per heavy atom. The molecule has 0 aromatic heterocycles. The zero-order valence-corrected chi connectivity index (χ0v) is 17.6. The maximum absolute atomic E-state index is 14.0. The van der Waals surface area contributed by atoms with E-state index in [4.69, 9.17) is 5.11 Å². The van der Waals surface area contributed by atoms with Crippen molar-refractivity contribution in [2.24, 2.45) is 0 Å². The van der Waals surface area contributed by atoms with E-state index in [1.165, 1.54) is 19.1 Å². The van der Waals surface area contributed by atoms with Gasteiger partial charge in [0.1, 0.15) is 18.4 Å². The Kier molecular flexibility index (Phi) is 8.32. The van der Waals surface area contributed by atoms with Gasteiger partial charge in [0.15, 0.2) is 5.78 Å². The second kappa shape index (κ2) is 10.7. The molecular formula is C21H23F2N3O7. The van der Waals surface area contributed by atoms with Gasteiger partial charge >= 0.3 is 5.97 Å². The number of aliphatic carboxylic acids is 1. The summed E-state index contributed by atoms with van der Waals surface area (Å²) in [6.45, 7) is 0.120. The first-order chi connectivity index (χ1) is 15.4. The number of ketones is 1. The molecular weight excluding hydrogens is 444 g/mol. The lowest BCUT2D eigenvalue weighted by molar-refractivity contribution is -0.142. The number of nitrogens with one attached hydrogen (secondary N) is 2. The van der Waals surface area contributed by atoms with Gasteiger partial charge < -0.3 is 25.4 Å². The molecule has 3 atom stereocenters. The molecule has 1 heterocycles. The molecule has 33 heavy (non-hydrogen) atoms. The summed E-state index contributed by atoms with van der Waals surface area (Å²) in [5, 5.41) is 13.0. The monoisotopic (exact) mass is 467 g/mol. The minimum Gasteiger partial charge on any atom is -0.481 e. The van der Waals surface area contributed by atoms with E-state index >= 15 is 0 Å². The largest absolute Gasteiger partial charge is 0.481 e. The van der Waals surface area contributed by atoms with Gasteiger partial charge in [-0.05, 0) is 6.92 Å². The van der Waals surface area contributed by atoms with E-state index in [9.17, 15) is 37.5 Å². The number of aldehydes is 1. The first-order valence-corrected chi connectivity index (χ1v) is 9.97. The van der Waals surface area contributed by atoms with Gasteiger partial charge in [0, 0.05) is 12.0 Å². The molecule has 1 aliphatic rings. The van der Waals surface area contributed by atoms with E-state index in [1.807, 2.05) is 5.32 Å². The molecule has 178 valence electrons.